The van der Waals surface area contributed by atoms with Crippen LogP contribution in [0.2, 0.25) is 0 Å². The van der Waals surface area contributed by atoms with Crippen molar-refractivity contribution in [2.75, 3.05) is 20.8 Å². The van der Waals surface area contributed by atoms with Gasteiger partial charge in [-0.15, -0.1) is 0 Å². The third-order valence-electron chi connectivity index (χ3n) is 3.80. The number of benzene rings is 2. The molecule has 26 heavy (non-hydrogen) atoms. The first kappa shape index (κ1) is 19.1. The third-order valence-corrected chi connectivity index (χ3v) is 3.80. The van der Waals surface area contributed by atoms with E-state index in [4.69, 9.17) is 14.7 Å². The quantitative estimate of drug-likeness (QED) is 0.765. The highest BCUT2D eigenvalue weighted by molar-refractivity contribution is 5.77. The maximum atomic E-state index is 12.3. The number of hydrogen-bond donors (Lipinski definition) is 0. The van der Waals surface area contributed by atoms with E-state index >= 15 is 0 Å². The third kappa shape index (κ3) is 5.12. The molecule has 0 saturated heterocycles. The Morgan fingerprint density at radius 1 is 1.23 bits per heavy atom. The number of allylic oxidation sites excluding steroid dienone is 1. The highest BCUT2D eigenvalue weighted by Crippen LogP contribution is 2.28. The van der Waals surface area contributed by atoms with E-state index in [0.29, 0.717) is 23.6 Å². The number of carbonyl (C=O) groups excluding carboxylic acids is 1. The van der Waals surface area contributed by atoms with Gasteiger partial charge in [-0.05, 0) is 42.3 Å². The summed E-state index contributed by atoms with van der Waals surface area (Å²) in [6, 6.07) is 14.8. The summed E-state index contributed by atoms with van der Waals surface area (Å²) >= 11 is 0. The minimum atomic E-state index is -0.160. The van der Waals surface area contributed by atoms with E-state index in [0.717, 1.165) is 11.1 Å². The first-order valence-corrected chi connectivity index (χ1v) is 8.24. The Morgan fingerprint density at radius 2 is 2.04 bits per heavy atom. The van der Waals surface area contributed by atoms with Gasteiger partial charge in [0.05, 0.1) is 18.7 Å². The largest absolute Gasteiger partial charge is 0.493 e. The van der Waals surface area contributed by atoms with Crippen molar-refractivity contribution in [2.45, 2.75) is 13.5 Å². The number of hydrogen-bond acceptors (Lipinski definition) is 4. The van der Waals surface area contributed by atoms with Crippen LogP contribution in [0.1, 0.15) is 23.6 Å². The van der Waals surface area contributed by atoms with E-state index < -0.39 is 0 Å². The number of rotatable bonds is 7. The molecule has 0 radical (unpaired) electrons. The molecule has 0 N–H and O–H groups in total. The van der Waals surface area contributed by atoms with Gasteiger partial charge >= 0.3 is 0 Å². The maximum Gasteiger partial charge on any atom is 0.260 e. The molecule has 0 bridgehead atoms. The summed E-state index contributed by atoms with van der Waals surface area (Å²) in [7, 11) is 3.27. The van der Waals surface area contributed by atoms with Crippen molar-refractivity contribution in [3.05, 3.63) is 65.2 Å². The molecule has 0 saturated carbocycles. The minimum Gasteiger partial charge on any atom is -0.493 e. The predicted molar refractivity (Wildman–Crippen MR) is 101 cm³/mol. The molecule has 1 amide bonds. The zero-order valence-electron chi connectivity index (χ0n) is 15.2. The summed E-state index contributed by atoms with van der Waals surface area (Å²) in [6.45, 7) is 2.26. The van der Waals surface area contributed by atoms with Gasteiger partial charge in [0.1, 0.15) is 0 Å². The van der Waals surface area contributed by atoms with E-state index in [2.05, 4.69) is 6.07 Å². The molecule has 0 atom stereocenters. The fraction of sp³-hybridized carbons (Fsp3) is 0.238. The van der Waals surface area contributed by atoms with Gasteiger partial charge in [-0.2, -0.15) is 5.26 Å². The van der Waals surface area contributed by atoms with E-state index in [1.807, 2.05) is 37.3 Å². The van der Waals surface area contributed by atoms with E-state index in [9.17, 15) is 4.79 Å². The summed E-state index contributed by atoms with van der Waals surface area (Å²) in [5.74, 6) is 0.943. The van der Waals surface area contributed by atoms with Gasteiger partial charge < -0.3 is 14.4 Å². The number of carbonyl (C=O) groups is 1. The van der Waals surface area contributed by atoms with Gasteiger partial charge in [-0.1, -0.05) is 30.4 Å². The lowest BCUT2D eigenvalue weighted by Gasteiger charge is -2.18. The molecule has 0 spiro atoms. The highest BCUT2D eigenvalue weighted by Gasteiger charge is 2.12. The topological polar surface area (TPSA) is 62.6 Å². The molecule has 2 aromatic rings. The number of ether oxygens (including phenoxy) is 2. The predicted octanol–water partition coefficient (Wildman–Crippen LogP) is 3.64. The second kappa shape index (κ2) is 9.28. The number of likely N-dealkylation sites (N-methyl/N-ethyl adjacent to an activating group) is 1. The van der Waals surface area contributed by atoms with Crippen LogP contribution in [0.4, 0.5) is 0 Å². The molecule has 5 heteroatoms. The average molecular weight is 350 g/mol. The van der Waals surface area contributed by atoms with Crippen molar-refractivity contribution in [1.82, 2.24) is 4.90 Å². The molecular weight excluding hydrogens is 328 g/mol. The lowest BCUT2D eigenvalue weighted by atomic mass is 10.1. The summed E-state index contributed by atoms with van der Waals surface area (Å²) in [4.78, 5) is 13.9. The highest BCUT2D eigenvalue weighted by atomic mass is 16.5. The van der Waals surface area contributed by atoms with Gasteiger partial charge in [-0.3, -0.25) is 4.79 Å². The van der Waals surface area contributed by atoms with Crippen LogP contribution in [0.5, 0.6) is 11.5 Å². The van der Waals surface area contributed by atoms with E-state index in [-0.39, 0.29) is 12.5 Å². The SMILES string of the molecule is C/C=C\c1ccc(OCC(=O)N(C)Cc2cccc(C#N)c2)c(OC)c1. The fourth-order valence-electron chi connectivity index (χ4n) is 2.45. The summed E-state index contributed by atoms with van der Waals surface area (Å²) in [5.41, 5.74) is 2.47. The van der Waals surface area contributed by atoms with Crippen molar-refractivity contribution < 1.29 is 14.3 Å². The standard InChI is InChI=1S/C21H22N2O3/c1-4-6-16-9-10-19(20(12-16)25-3)26-15-21(24)23(2)14-18-8-5-7-17(11-18)13-22/h4-12H,14-15H2,1-3H3/b6-4-. The van der Waals surface area contributed by atoms with Crippen LogP contribution < -0.4 is 9.47 Å². The molecule has 0 aliphatic rings. The van der Waals surface area contributed by atoms with Crippen LogP contribution in [-0.4, -0.2) is 31.6 Å². The Labute approximate surface area is 154 Å². The van der Waals surface area contributed by atoms with Gasteiger partial charge in [-0.25, -0.2) is 0 Å². The number of nitrogens with zero attached hydrogens (tertiary/aromatic N) is 2. The number of amides is 1. The Morgan fingerprint density at radius 3 is 2.73 bits per heavy atom. The van der Waals surface area contributed by atoms with Crippen molar-refractivity contribution in [1.29, 1.82) is 5.26 Å². The smallest absolute Gasteiger partial charge is 0.260 e. The molecule has 0 aliphatic carbocycles. The van der Waals surface area contributed by atoms with Crippen molar-refractivity contribution in [2.24, 2.45) is 0 Å². The Kier molecular flexibility index (Phi) is 6.81. The number of methoxy groups -OCH3 is 1. The fourth-order valence-corrected chi connectivity index (χ4v) is 2.45. The summed E-state index contributed by atoms with van der Waals surface area (Å²) in [5, 5.41) is 8.95. The van der Waals surface area contributed by atoms with Gasteiger partial charge in [0.2, 0.25) is 0 Å². The van der Waals surface area contributed by atoms with Crippen LogP contribution in [0.25, 0.3) is 6.08 Å². The van der Waals surface area contributed by atoms with E-state index in [1.165, 1.54) is 0 Å². The second-order valence-electron chi connectivity index (χ2n) is 5.76. The van der Waals surface area contributed by atoms with Crippen molar-refractivity contribution >= 4 is 12.0 Å². The van der Waals surface area contributed by atoms with Gasteiger partial charge in [0.25, 0.3) is 5.91 Å². The Balaban J connectivity index is 1.98. The molecule has 0 heterocycles. The second-order valence-corrected chi connectivity index (χ2v) is 5.76. The number of nitriles is 1. The lowest BCUT2D eigenvalue weighted by Crippen LogP contribution is -2.31. The zero-order valence-corrected chi connectivity index (χ0v) is 15.2. The molecule has 0 aliphatic heterocycles. The first-order valence-electron chi connectivity index (χ1n) is 8.24. The normalized spacial score (nSPS) is 10.4. The monoisotopic (exact) mass is 350 g/mol. The Hall–Kier alpha value is -3.26. The maximum absolute atomic E-state index is 12.3. The molecule has 134 valence electrons. The Bertz CT molecular complexity index is 837. The average Bonchev–Trinajstić information content (AvgIpc) is 2.66. The molecular formula is C21H22N2O3. The molecule has 0 aromatic heterocycles. The van der Waals surface area contributed by atoms with Crippen LogP contribution in [0.15, 0.2) is 48.5 Å². The van der Waals surface area contributed by atoms with Crippen LogP contribution in [-0.2, 0) is 11.3 Å². The molecule has 2 rings (SSSR count). The van der Waals surface area contributed by atoms with Crippen molar-refractivity contribution in [3.63, 3.8) is 0 Å². The molecule has 2 aromatic carbocycles. The lowest BCUT2D eigenvalue weighted by molar-refractivity contribution is -0.132. The molecule has 0 unspecified atom stereocenters. The van der Waals surface area contributed by atoms with Crippen molar-refractivity contribution in [3.8, 4) is 17.6 Å². The first-order chi connectivity index (χ1) is 12.6. The summed E-state index contributed by atoms with van der Waals surface area (Å²) in [6.07, 6.45) is 3.90. The van der Waals surface area contributed by atoms with E-state index in [1.54, 1.807) is 43.3 Å². The molecule has 5 nitrogen and oxygen atoms in total. The zero-order chi connectivity index (χ0) is 18.9. The summed E-state index contributed by atoms with van der Waals surface area (Å²) < 4.78 is 11.0. The van der Waals surface area contributed by atoms with Gasteiger partial charge in [0.15, 0.2) is 18.1 Å². The minimum absolute atomic E-state index is 0.0895. The van der Waals surface area contributed by atoms with Gasteiger partial charge in [0, 0.05) is 13.6 Å². The molecule has 0 fully saturated rings. The van der Waals surface area contributed by atoms with Crippen LogP contribution >= 0.6 is 0 Å². The van der Waals surface area contributed by atoms with Crippen LogP contribution in [0, 0.1) is 11.3 Å². The van der Waals surface area contributed by atoms with Crippen LogP contribution in [0.3, 0.4) is 0 Å².